The quantitative estimate of drug-likeness (QED) is 0.382. The number of nitrogens with zero attached hydrogens (tertiary/aromatic N) is 1. The van der Waals surface area contributed by atoms with Crippen molar-refractivity contribution >= 4 is 6.21 Å². The van der Waals surface area contributed by atoms with Crippen molar-refractivity contribution in [3.63, 3.8) is 0 Å². The molecule has 0 aromatic rings. The first kappa shape index (κ1) is 10.4. The smallest absolute Gasteiger partial charge is 0.118 e. The molecule has 0 aliphatic carbocycles. The summed E-state index contributed by atoms with van der Waals surface area (Å²) in [5, 5.41) is 3.80. The number of hydrogen-bond acceptors (Lipinski definition) is 3. The van der Waals surface area contributed by atoms with Gasteiger partial charge in [-0.2, -0.15) is 0 Å². The molecule has 0 spiro atoms. The molecule has 0 aromatic heterocycles. The van der Waals surface area contributed by atoms with Gasteiger partial charge < -0.3 is 10.6 Å². The molecule has 3 heteroatoms. The maximum absolute atomic E-state index is 5.26. The topological polar surface area (TPSA) is 47.6 Å². The Labute approximate surface area is 68.6 Å². The molecule has 11 heavy (non-hydrogen) atoms. The summed E-state index contributed by atoms with van der Waals surface area (Å²) in [4.78, 5) is 4.94. The van der Waals surface area contributed by atoms with Crippen LogP contribution in [0.15, 0.2) is 5.16 Å². The summed E-state index contributed by atoms with van der Waals surface area (Å²) in [6, 6.07) is 0. The third-order valence-electron chi connectivity index (χ3n) is 0.954. The maximum atomic E-state index is 5.26. The molecule has 0 saturated heterocycles. The van der Waals surface area contributed by atoms with Gasteiger partial charge in [0.1, 0.15) is 6.61 Å². The molecule has 3 nitrogen and oxygen atoms in total. The van der Waals surface area contributed by atoms with Crippen molar-refractivity contribution in [2.24, 2.45) is 16.3 Å². The lowest BCUT2D eigenvalue weighted by Crippen LogP contribution is -2.07. The largest absolute Gasteiger partial charge is 0.396 e. The standard InChI is InChI=1S/C8H18N2O/c1-8(2,3)7-10-11-6-4-5-9/h7H,4-6,9H2,1-3H3. The van der Waals surface area contributed by atoms with E-state index in [0.717, 1.165) is 6.42 Å². The third kappa shape index (κ3) is 9.43. The average molecular weight is 158 g/mol. The van der Waals surface area contributed by atoms with Gasteiger partial charge in [0.15, 0.2) is 0 Å². The second kappa shape index (κ2) is 5.13. The highest BCUT2D eigenvalue weighted by Gasteiger charge is 2.04. The molecule has 0 rings (SSSR count). The average Bonchev–Trinajstić information content (AvgIpc) is 1.85. The van der Waals surface area contributed by atoms with Crippen LogP contribution in [-0.4, -0.2) is 19.4 Å². The minimum absolute atomic E-state index is 0.0999. The van der Waals surface area contributed by atoms with Gasteiger partial charge in [-0.3, -0.25) is 0 Å². The van der Waals surface area contributed by atoms with Crippen LogP contribution in [-0.2, 0) is 4.84 Å². The number of oxime groups is 1. The van der Waals surface area contributed by atoms with Crippen LogP contribution in [0.5, 0.6) is 0 Å². The number of rotatable bonds is 4. The fourth-order valence-electron chi connectivity index (χ4n) is 0.396. The highest BCUT2D eigenvalue weighted by molar-refractivity contribution is 5.63. The molecule has 0 saturated carbocycles. The van der Waals surface area contributed by atoms with E-state index in [1.807, 2.05) is 0 Å². The van der Waals surface area contributed by atoms with Crippen molar-refractivity contribution in [1.29, 1.82) is 0 Å². The van der Waals surface area contributed by atoms with Gasteiger partial charge in [0, 0.05) is 11.6 Å². The summed E-state index contributed by atoms with van der Waals surface area (Å²) in [6.07, 6.45) is 2.66. The molecule has 0 bridgehead atoms. The van der Waals surface area contributed by atoms with Crippen molar-refractivity contribution in [3.05, 3.63) is 0 Å². The molecule has 0 aliphatic heterocycles. The molecule has 0 fully saturated rings. The number of nitrogens with two attached hydrogens (primary N) is 1. The Balaban J connectivity index is 3.30. The van der Waals surface area contributed by atoms with Crippen LogP contribution in [0.1, 0.15) is 27.2 Å². The molecular formula is C8H18N2O. The zero-order chi connectivity index (χ0) is 8.74. The van der Waals surface area contributed by atoms with Crippen LogP contribution >= 0.6 is 0 Å². The lowest BCUT2D eigenvalue weighted by molar-refractivity contribution is 0.142. The van der Waals surface area contributed by atoms with Crippen LogP contribution in [0.2, 0.25) is 0 Å². The summed E-state index contributed by atoms with van der Waals surface area (Å²) in [6.45, 7) is 7.49. The Kier molecular flexibility index (Phi) is 4.86. The van der Waals surface area contributed by atoms with Crippen molar-refractivity contribution in [2.45, 2.75) is 27.2 Å². The van der Waals surface area contributed by atoms with Crippen molar-refractivity contribution in [3.8, 4) is 0 Å². The Morgan fingerprint density at radius 2 is 2.09 bits per heavy atom. The highest BCUT2D eigenvalue weighted by atomic mass is 16.6. The van der Waals surface area contributed by atoms with Gasteiger partial charge in [-0.25, -0.2) is 0 Å². The monoisotopic (exact) mass is 158 g/mol. The molecule has 0 unspecified atom stereocenters. The lowest BCUT2D eigenvalue weighted by atomic mass is 10.00. The van der Waals surface area contributed by atoms with E-state index in [4.69, 9.17) is 10.6 Å². The van der Waals surface area contributed by atoms with E-state index in [2.05, 4.69) is 25.9 Å². The number of hydrogen-bond donors (Lipinski definition) is 1. The van der Waals surface area contributed by atoms with E-state index in [1.165, 1.54) is 0 Å². The molecule has 0 radical (unpaired) electrons. The molecule has 0 atom stereocenters. The maximum Gasteiger partial charge on any atom is 0.118 e. The van der Waals surface area contributed by atoms with Gasteiger partial charge >= 0.3 is 0 Å². The molecule has 2 N–H and O–H groups in total. The zero-order valence-electron chi connectivity index (χ0n) is 7.63. The Morgan fingerprint density at radius 3 is 2.55 bits per heavy atom. The highest BCUT2D eigenvalue weighted by Crippen LogP contribution is 2.08. The van der Waals surface area contributed by atoms with Crippen LogP contribution in [0.4, 0.5) is 0 Å². The Morgan fingerprint density at radius 1 is 1.45 bits per heavy atom. The van der Waals surface area contributed by atoms with Gasteiger partial charge in [0.05, 0.1) is 0 Å². The van der Waals surface area contributed by atoms with E-state index in [9.17, 15) is 0 Å². The van der Waals surface area contributed by atoms with Crippen LogP contribution < -0.4 is 5.73 Å². The second-order valence-corrected chi connectivity index (χ2v) is 3.58. The summed E-state index contributed by atoms with van der Waals surface area (Å²) in [5.74, 6) is 0. The minimum atomic E-state index is 0.0999. The van der Waals surface area contributed by atoms with Gasteiger partial charge in [-0.15, -0.1) is 0 Å². The summed E-state index contributed by atoms with van der Waals surface area (Å²) >= 11 is 0. The molecule has 66 valence electrons. The van der Waals surface area contributed by atoms with E-state index in [-0.39, 0.29) is 5.41 Å². The molecular weight excluding hydrogens is 140 g/mol. The lowest BCUT2D eigenvalue weighted by Gasteiger charge is -2.08. The van der Waals surface area contributed by atoms with Crippen LogP contribution in [0.25, 0.3) is 0 Å². The Bertz CT molecular complexity index is 116. The molecule has 0 heterocycles. The first-order chi connectivity index (χ1) is 5.06. The summed E-state index contributed by atoms with van der Waals surface area (Å²) < 4.78 is 0. The fraction of sp³-hybridized carbons (Fsp3) is 0.875. The van der Waals surface area contributed by atoms with Crippen LogP contribution in [0, 0.1) is 5.41 Å². The summed E-state index contributed by atoms with van der Waals surface area (Å²) in [5.41, 5.74) is 5.36. The van der Waals surface area contributed by atoms with E-state index in [1.54, 1.807) is 6.21 Å². The normalized spacial score (nSPS) is 12.4. The minimum Gasteiger partial charge on any atom is -0.396 e. The molecule has 0 aliphatic rings. The predicted molar refractivity (Wildman–Crippen MR) is 47.6 cm³/mol. The van der Waals surface area contributed by atoms with E-state index >= 15 is 0 Å². The van der Waals surface area contributed by atoms with Crippen molar-refractivity contribution in [2.75, 3.05) is 13.2 Å². The summed E-state index contributed by atoms with van der Waals surface area (Å²) in [7, 11) is 0. The molecule has 0 aromatic carbocycles. The van der Waals surface area contributed by atoms with Gasteiger partial charge in [-0.05, 0) is 13.0 Å². The Hall–Kier alpha value is -0.570. The van der Waals surface area contributed by atoms with Gasteiger partial charge in [0.2, 0.25) is 0 Å². The van der Waals surface area contributed by atoms with Crippen molar-refractivity contribution < 1.29 is 4.84 Å². The first-order valence-corrected chi connectivity index (χ1v) is 3.93. The molecule has 0 amide bonds. The van der Waals surface area contributed by atoms with Crippen molar-refractivity contribution in [1.82, 2.24) is 0 Å². The predicted octanol–water partition coefficient (Wildman–Crippen LogP) is 1.38. The third-order valence-corrected chi connectivity index (χ3v) is 0.954. The fourth-order valence-corrected chi connectivity index (χ4v) is 0.396. The van der Waals surface area contributed by atoms with E-state index in [0.29, 0.717) is 13.2 Å². The SMILES string of the molecule is CC(C)(C)C=NOCCCN. The van der Waals surface area contributed by atoms with E-state index < -0.39 is 0 Å². The van der Waals surface area contributed by atoms with Gasteiger partial charge in [-0.1, -0.05) is 25.9 Å². The second-order valence-electron chi connectivity index (χ2n) is 3.58. The first-order valence-electron chi connectivity index (χ1n) is 3.93. The zero-order valence-corrected chi connectivity index (χ0v) is 7.63. The van der Waals surface area contributed by atoms with Crippen LogP contribution in [0.3, 0.4) is 0 Å². The van der Waals surface area contributed by atoms with Gasteiger partial charge in [0.25, 0.3) is 0 Å².